The summed E-state index contributed by atoms with van der Waals surface area (Å²) in [6, 6.07) is 54.6. The lowest BCUT2D eigenvalue weighted by Gasteiger charge is -2.21. The van der Waals surface area contributed by atoms with E-state index in [1.54, 1.807) is 0 Å². The molecule has 0 fully saturated rings. The Hall–Kier alpha value is -6.12. The van der Waals surface area contributed by atoms with Crippen molar-refractivity contribution in [2.75, 3.05) is 0 Å². The summed E-state index contributed by atoms with van der Waals surface area (Å²) in [5, 5.41) is 7.22. The number of rotatable bonds is 3. The van der Waals surface area contributed by atoms with Crippen molar-refractivity contribution < 1.29 is 0 Å². The van der Waals surface area contributed by atoms with Gasteiger partial charge in [-0.3, -0.25) is 4.98 Å². The second-order valence-corrected chi connectivity index (χ2v) is 12.1. The summed E-state index contributed by atoms with van der Waals surface area (Å²) in [7, 11) is 0. The predicted octanol–water partition coefficient (Wildman–Crippen LogP) is 11.7. The largest absolute Gasteiger partial charge is 0.254 e. The van der Waals surface area contributed by atoms with Crippen LogP contribution in [0, 0.1) is 0 Å². The molecule has 0 amide bonds. The first-order valence-electron chi connectivity index (χ1n) is 15.8. The number of pyridine rings is 2. The van der Waals surface area contributed by atoms with Crippen molar-refractivity contribution in [3.05, 3.63) is 158 Å². The third-order valence-electron chi connectivity index (χ3n) is 9.63. The molecule has 0 N–H and O–H groups in total. The fourth-order valence-corrected chi connectivity index (χ4v) is 7.71. The first kappa shape index (κ1) is 25.2. The molecule has 1 aliphatic rings. The van der Waals surface area contributed by atoms with Gasteiger partial charge in [0.15, 0.2) is 0 Å². The molecule has 9 aromatic rings. The second-order valence-electron chi connectivity index (χ2n) is 12.1. The maximum atomic E-state index is 5.51. The monoisotopic (exact) mass is 582 g/mol. The van der Waals surface area contributed by atoms with Crippen LogP contribution < -0.4 is 0 Å². The van der Waals surface area contributed by atoms with E-state index in [1.165, 1.54) is 66.1 Å². The lowest BCUT2D eigenvalue weighted by molar-refractivity contribution is 1.37. The van der Waals surface area contributed by atoms with Gasteiger partial charge in [-0.05, 0) is 90.3 Å². The normalized spacial score (nSPS) is 11.9. The van der Waals surface area contributed by atoms with Crippen LogP contribution in [0.5, 0.6) is 0 Å². The highest BCUT2D eigenvalue weighted by Crippen LogP contribution is 2.57. The third-order valence-corrected chi connectivity index (χ3v) is 9.63. The molecule has 0 unspecified atom stereocenters. The molecule has 0 atom stereocenters. The topological polar surface area (TPSA) is 25.8 Å². The standard InChI is InChI=1S/C44H26N2/c1-3-12-27(13-4-1)36-26-37(38-24-23-33-31-19-8-7-18-30(31)32-22-11-25-45-43(32)44(33)46-38)40(29-14-5-2-6-15-29)42-35-21-10-17-28-16-9-20-34(39(28)35)41(36)42/h1-26H. The van der Waals surface area contributed by atoms with Crippen molar-refractivity contribution in [2.24, 2.45) is 0 Å². The summed E-state index contributed by atoms with van der Waals surface area (Å²) in [4.78, 5) is 10.4. The van der Waals surface area contributed by atoms with Gasteiger partial charge in [-0.1, -0.05) is 127 Å². The van der Waals surface area contributed by atoms with Crippen LogP contribution in [-0.2, 0) is 0 Å². The molecule has 0 radical (unpaired) electrons. The zero-order valence-corrected chi connectivity index (χ0v) is 24.9. The molecule has 2 heterocycles. The Morgan fingerprint density at radius 1 is 0.370 bits per heavy atom. The SMILES string of the molecule is c1ccc(-c2cc(-c3ccc4c5ccccc5c5cccnc5c4n3)c(-c3ccccc3)c3c2-c2cccc4cccc-3c24)cc1. The van der Waals surface area contributed by atoms with E-state index in [0.717, 1.165) is 33.1 Å². The summed E-state index contributed by atoms with van der Waals surface area (Å²) >= 11 is 0. The molecule has 2 aromatic heterocycles. The first-order chi connectivity index (χ1) is 22.8. The Bertz CT molecular complexity index is 2630. The Balaban J connectivity index is 1.38. The van der Waals surface area contributed by atoms with Gasteiger partial charge in [0.1, 0.15) is 0 Å². The van der Waals surface area contributed by atoms with E-state index in [2.05, 4.69) is 146 Å². The van der Waals surface area contributed by atoms with Crippen molar-refractivity contribution >= 4 is 43.4 Å². The maximum Gasteiger partial charge on any atom is 0.0978 e. The van der Waals surface area contributed by atoms with E-state index < -0.39 is 0 Å². The fourth-order valence-electron chi connectivity index (χ4n) is 7.71. The van der Waals surface area contributed by atoms with Gasteiger partial charge in [0, 0.05) is 22.5 Å². The van der Waals surface area contributed by atoms with Crippen molar-refractivity contribution in [3.8, 4) is 55.8 Å². The molecular formula is C44H26N2. The Labute approximate surface area is 266 Å². The van der Waals surface area contributed by atoms with E-state index in [9.17, 15) is 0 Å². The van der Waals surface area contributed by atoms with Crippen LogP contribution in [0.2, 0.25) is 0 Å². The van der Waals surface area contributed by atoms with Gasteiger partial charge in [0.2, 0.25) is 0 Å². The van der Waals surface area contributed by atoms with E-state index in [4.69, 9.17) is 9.97 Å². The highest BCUT2D eigenvalue weighted by molar-refractivity contribution is 6.24. The molecular weight excluding hydrogens is 556 g/mol. The minimum atomic E-state index is 0.929. The summed E-state index contributed by atoms with van der Waals surface area (Å²) in [5.74, 6) is 0. The minimum absolute atomic E-state index is 0.929. The maximum absolute atomic E-state index is 5.51. The Morgan fingerprint density at radius 3 is 1.74 bits per heavy atom. The smallest absolute Gasteiger partial charge is 0.0978 e. The summed E-state index contributed by atoms with van der Waals surface area (Å²) < 4.78 is 0. The minimum Gasteiger partial charge on any atom is -0.254 e. The van der Waals surface area contributed by atoms with Crippen LogP contribution >= 0.6 is 0 Å². The van der Waals surface area contributed by atoms with Gasteiger partial charge in [0.05, 0.1) is 16.7 Å². The quantitative estimate of drug-likeness (QED) is 0.194. The highest BCUT2D eigenvalue weighted by atomic mass is 14.8. The van der Waals surface area contributed by atoms with E-state index in [1.807, 2.05) is 12.3 Å². The molecule has 0 saturated carbocycles. The molecule has 212 valence electrons. The van der Waals surface area contributed by atoms with Crippen LogP contribution in [0.1, 0.15) is 0 Å². The van der Waals surface area contributed by atoms with Gasteiger partial charge in [-0.15, -0.1) is 0 Å². The van der Waals surface area contributed by atoms with E-state index in [-0.39, 0.29) is 0 Å². The molecule has 0 aliphatic heterocycles. The Morgan fingerprint density at radius 2 is 1.00 bits per heavy atom. The van der Waals surface area contributed by atoms with Crippen LogP contribution in [0.25, 0.3) is 99.1 Å². The molecule has 0 saturated heterocycles. The molecule has 2 heteroatoms. The number of hydrogen-bond acceptors (Lipinski definition) is 2. The van der Waals surface area contributed by atoms with E-state index >= 15 is 0 Å². The lowest BCUT2D eigenvalue weighted by Crippen LogP contribution is -1.97. The van der Waals surface area contributed by atoms with Crippen LogP contribution in [0.4, 0.5) is 0 Å². The third kappa shape index (κ3) is 3.53. The fraction of sp³-hybridized carbons (Fsp3) is 0. The summed E-state index contributed by atoms with van der Waals surface area (Å²) in [5.41, 5.74) is 13.9. The van der Waals surface area contributed by atoms with Crippen LogP contribution in [0.3, 0.4) is 0 Å². The van der Waals surface area contributed by atoms with Gasteiger partial charge < -0.3 is 0 Å². The summed E-state index contributed by atoms with van der Waals surface area (Å²) in [6.07, 6.45) is 1.88. The molecule has 0 bridgehead atoms. The molecule has 10 rings (SSSR count). The van der Waals surface area contributed by atoms with E-state index in [0.29, 0.717) is 0 Å². The van der Waals surface area contributed by atoms with Gasteiger partial charge in [-0.2, -0.15) is 0 Å². The van der Waals surface area contributed by atoms with Crippen LogP contribution in [-0.4, -0.2) is 9.97 Å². The van der Waals surface area contributed by atoms with Crippen molar-refractivity contribution in [1.29, 1.82) is 0 Å². The molecule has 2 nitrogen and oxygen atoms in total. The van der Waals surface area contributed by atoms with Gasteiger partial charge in [-0.25, -0.2) is 4.98 Å². The van der Waals surface area contributed by atoms with Gasteiger partial charge >= 0.3 is 0 Å². The Kier molecular flexibility index (Phi) is 5.31. The van der Waals surface area contributed by atoms with Crippen molar-refractivity contribution in [3.63, 3.8) is 0 Å². The average molecular weight is 583 g/mol. The van der Waals surface area contributed by atoms with Crippen molar-refractivity contribution in [1.82, 2.24) is 9.97 Å². The highest BCUT2D eigenvalue weighted by Gasteiger charge is 2.30. The number of benzene rings is 7. The molecule has 46 heavy (non-hydrogen) atoms. The van der Waals surface area contributed by atoms with Crippen molar-refractivity contribution in [2.45, 2.75) is 0 Å². The average Bonchev–Trinajstić information content (AvgIpc) is 3.47. The lowest BCUT2D eigenvalue weighted by atomic mass is 9.83. The molecule has 0 spiro atoms. The number of aromatic nitrogens is 2. The zero-order valence-electron chi connectivity index (χ0n) is 24.9. The number of nitrogens with zero attached hydrogens (tertiary/aromatic N) is 2. The van der Waals surface area contributed by atoms with Gasteiger partial charge in [0.25, 0.3) is 0 Å². The molecule has 1 aliphatic carbocycles. The second kappa shape index (κ2) is 9.69. The number of fused-ring (bicyclic) bond motifs is 9. The predicted molar refractivity (Wildman–Crippen MR) is 193 cm³/mol. The zero-order chi connectivity index (χ0) is 30.2. The molecule has 7 aromatic carbocycles. The first-order valence-corrected chi connectivity index (χ1v) is 15.8. The summed E-state index contributed by atoms with van der Waals surface area (Å²) in [6.45, 7) is 0. The number of hydrogen-bond donors (Lipinski definition) is 0. The van der Waals surface area contributed by atoms with Crippen LogP contribution in [0.15, 0.2) is 158 Å².